The molecule has 28 heavy (non-hydrogen) atoms. The molecule has 2 fully saturated rings. The molecule has 0 saturated carbocycles. The molecule has 2 aromatic rings. The van der Waals surface area contributed by atoms with Crippen molar-refractivity contribution in [3.63, 3.8) is 0 Å². The third-order valence-electron chi connectivity index (χ3n) is 5.91. The molecule has 2 aliphatic heterocycles. The predicted octanol–water partition coefficient (Wildman–Crippen LogP) is 1.78. The number of nitrogens with zero attached hydrogens (tertiary/aromatic N) is 2. The number of hydrogen-bond acceptors (Lipinski definition) is 6. The van der Waals surface area contributed by atoms with E-state index in [9.17, 15) is 4.79 Å². The van der Waals surface area contributed by atoms with Gasteiger partial charge in [0.05, 0.1) is 7.11 Å². The van der Waals surface area contributed by atoms with E-state index in [1.165, 1.54) is 5.56 Å². The van der Waals surface area contributed by atoms with E-state index < -0.39 is 0 Å². The number of methoxy groups -OCH3 is 1. The van der Waals surface area contributed by atoms with Crippen LogP contribution < -0.4 is 21.3 Å². The highest BCUT2D eigenvalue weighted by Gasteiger charge is 2.37. The molecule has 1 aromatic carbocycles. The van der Waals surface area contributed by atoms with Crippen molar-refractivity contribution in [3.05, 3.63) is 53.7 Å². The van der Waals surface area contributed by atoms with Crippen LogP contribution in [0.1, 0.15) is 34.7 Å². The van der Waals surface area contributed by atoms with Gasteiger partial charge in [0.2, 0.25) is 0 Å². The predicted molar refractivity (Wildman–Crippen MR) is 108 cm³/mol. The second-order valence-corrected chi connectivity index (χ2v) is 7.53. The van der Waals surface area contributed by atoms with Crippen LogP contribution in [0.3, 0.4) is 0 Å². The van der Waals surface area contributed by atoms with E-state index in [1.54, 1.807) is 25.4 Å². The number of hydrazine groups is 1. The van der Waals surface area contributed by atoms with Crippen molar-refractivity contribution in [2.75, 3.05) is 32.5 Å². The van der Waals surface area contributed by atoms with E-state index in [4.69, 9.17) is 10.5 Å². The normalized spacial score (nSPS) is 23.0. The molecular formula is C21H27N5O2. The molecular weight excluding hydrogens is 354 g/mol. The van der Waals surface area contributed by atoms with Crippen molar-refractivity contribution >= 4 is 11.7 Å². The van der Waals surface area contributed by atoms with Gasteiger partial charge in [-0.25, -0.2) is 4.98 Å². The summed E-state index contributed by atoms with van der Waals surface area (Å²) in [6.45, 7) is 2.41. The maximum Gasteiger partial charge on any atom is 0.254 e. The van der Waals surface area contributed by atoms with Gasteiger partial charge in [0.25, 0.3) is 5.91 Å². The third kappa shape index (κ3) is 3.81. The van der Waals surface area contributed by atoms with Crippen molar-refractivity contribution in [1.82, 2.24) is 20.7 Å². The number of likely N-dealkylation sites (tertiary alicyclic amines) is 1. The van der Waals surface area contributed by atoms with Crippen molar-refractivity contribution in [3.8, 4) is 5.75 Å². The first-order valence-electron chi connectivity index (χ1n) is 9.79. The van der Waals surface area contributed by atoms with Crippen molar-refractivity contribution in [1.29, 1.82) is 0 Å². The fourth-order valence-corrected chi connectivity index (χ4v) is 4.38. The molecule has 4 rings (SSSR count). The van der Waals surface area contributed by atoms with E-state index in [0.29, 0.717) is 29.3 Å². The first-order chi connectivity index (χ1) is 13.7. The molecule has 0 spiro atoms. The minimum absolute atomic E-state index is 0.0365. The number of anilines is 1. The van der Waals surface area contributed by atoms with Crippen molar-refractivity contribution < 1.29 is 9.53 Å². The number of carbonyl (C=O) groups is 1. The number of benzene rings is 1. The summed E-state index contributed by atoms with van der Waals surface area (Å²) in [6, 6.07) is 12.0. The number of pyridine rings is 1. The summed E-state index contributed by atoms with van der Waals surface area (Å²) in [7, 11) is 1.70. The van der Waals surface area contributed by atoms with E-state index in [0.717, 1.165) is 38.2 Å². The van der Waals surface area contributed by atoms with Crippen LogP contribution in [0, 0.1) is 5.92 Å². The lowest BCUT2D eigenvalue weighted by molar-refractivity contribution is 0.0670. The van der Waals surface area contributed by atoms with Crippen molar-refractivity contribution in [2.45, 2.75) is 24.8 Å². The summed E-state index contributed by atoms with van der Waals surface area (Å²) in [5.41, 5.74) is 14.4. The molecule has 2 saturated heterocycles. The van der Waals surface area contributed by atoms with Gasteiger partial charge in [-0.1, -0.05) is 12.1 Å². The lowest BCUT2D eigenvalue weighted by Crippen LogP contribution is -2.45. The molecule has 3 heterocycles. The van der Waals surface area contributed by atoms with Crippen LogP contribution in [0.5, 0.6) is 5.75 Å². The van der Waals surface area contributed by atoms with Gasteiger partial charge >= 0.3 is 0 Å². The smallest absolute Gasteiger partial charge is 0.254 e. The Balaban J connectivity index is 1.40. The average Bonchev–Trinajstić information content (AvgIpc) is 3.23. The summed E-state index contributed by atoms with van der Waals surface area (Å²) in [4.78, 5) is 18.6. The van der Waals surface area contributed by atoms with Crippen LogP contribution in [0.15, 0.2) is 42.6 Å². The molecule has 0 radical (unpaired) electrons. The molecule has 1 amide bonds. The number of ether oxygens (including phenoxy) is 1. The topological polar surface area (TPSA) is 92.5 Å². The highest BCUT2D eigenvalue weighted by atomic mass is 16.5. The number of piperidine rings is 1. The summed E-state index contributed by atoms with van der Waals surface area (Å²) in [6.07, 6.45) is 3.54. The number of nitrogens with one attached hydrogen (secondary N) is 2. The largest absolute Gasteiger partial charge is 0.497 e. The number of carbonyl (C=O) groups excluding carboxylic acids is 1. The van der Waals surface area contributed by atoms with Gasteiger partial charge in [-0.2, -0.15) is 0 Å². The van der Waals surface area contributed by atoms with Crippen LogP contribution in [0.4, 0.5) is 5.82 Å². The van der Waals surface area contributed by atoms with Gasteiger partial charge in [0.15, 0.2) is 0 Å². The van der Waals surface area contributed by atoms with E-state index in [-0.39, 0.29) is 5.91 Å². The first-order valence-corrected chi connectivity index (χ1v) is 9.79. The standard InChI is InChI=1S/C21H27N5O2/c1-28-17-4-2-3-15(11-17)18-13-24-25-20(18)14-6-9-26(10-7-14)21(27)16-5-8-23-19(22)12-16/h2-5,8,11-12,14,18,20,24-25H,6-7,9-10,13H2,1H3,(H2,22,23). The van der Waals surface area contributed by atoms with E-state index >= 15 is 0 Å². The molecule has 2 aliphatic rings. The SMILES string of the molecule is COc1cccc(C2CNNC2C2CCN(C(=O)c3ccnc(N)c3)CC2)c1. The molecule has 0 aliphatic carbocycles. The Morgan fingerprint density at radius 1 is 1.25 bits per heavy atom. The molecule has 4 N–H and O–H groups in total. The Morgan fingerprint density at radius 2 is 2.07 bits per heavy atom. The Bertz CT molecular complexity index is 835. The summed E-state index contributed by atoms with van der Waals surface area (Å²) >= 11 is 0. The lowest BCUT2D eigenvalue weighted by Gasteiger charge is -2.36. The second kappa shape index (κ2) is 8.16. The van der Waals surface area contributed by atoms with Gasteiger partial charge in [-0.15, -0.1) is 0 Å². The zero-order valence-corrected chi connectivity index (χ0v) is 16.1. The lowest BCUT2D eigenvalue weighted by atomic mass is 9.80. The molecule has 148 valence electrons. The third-order valence-corrected chi connectivity index (χ3v) is 5.91. The summed E-state index contributed by atoms with van der Waals surface area (Å²) in [5, 5.41) is 0. The van der Waals surface area contributed by atoms with Crippen molar-refractivity contribution in [2.24, 2.45) is 5.92 Å². The van der Waals surface area contributed by atoms with Gasteiger partial charge in [0.1, 0.15) is 11.6 Å². The zero-order chi connectivity index (χ0) is 19.5. The fourth-order valence-electron chi connectivity index (χ4n) is 4.38. The van der Waals surface area contributed by atoms with Gasteiger partial charge in [-0.05, 0) is 48.6 Å². The van der Waals surface area contributed by atoms with Crippen LogP contribution in [-0.2, 0) is 0 Å². The highest BCUT2D eigenvalue weighted by Crippen LogP contribution is 2.33. The van der Waals surface area contributed by atoms with Crippen LogP contribution >= 0.6 is 0 Å². The monoisotopic (exact) mass is 381 g/mol. The number of nitrogens with two attached hydrogens (primary N) is 1. The number of nitrogen functional groups attached to an aromatic ring is 1. The Morgan fingerprint density at radius 3 is 2.82 bits per heavy atom. The maximum absolute atomic E-state index is 12.7. The minimum atomic E-state index is 0.0365. The maximum atomic E-state index is 12.7. The highest BCUT2D eigenvalue weighted by molar-refractivity contribution is 5.94. The minimum Gasteiger partial charge on any atom is -0.497 e. The molecule has 0 bridgehead atoms. The van der Waals surface area contributed by atoms with Crippen LogP contribution in [0.2, 0.25) is 0 Å². The molecule has 2 unspecified atom stereocenters. The number of hydrogen-bond donors (Lipinski definition) is 3. The van der Waals surface area contributed by atoms with E-state index in [2.05, 4.69) is 28.0 Å². The van der Waals surface area contributed by atoms with Gasteiger partial charge in [-0.3, -0.25) is 15.6 Å². The number of rotatable bonds is 4. The Labute approximate surface area is 165 Å². The molecule has 2 atom stereocenters. The Kier molecular flexibility index (Phi) is 5.45. The first kappa shape index (κ1) is 18.7. The fraction of sp³-hybridized carbons (Fsp3) is 0.429. The molecule has 1 aromatic heterocycles. The quantitative estimate of drug-likeness (QED) is 0.748. The molecule has 7 nitrogen and oxygen atoms in total. The number of aromatic nitrogens is 1. The number of amides is 1. The van der Waals surface area contributed by atoms with Gasteiger partial charge < -0.3 is 15.4 Å². The second-order valence-electron chi connectivity index (χ2n) is 7.53. The van der Waals surface area contributed by atoms with Crippen LogP contribution in [0.25, 0.3) is 0 Å². The average molecular weight is 381 g/mol. The Hall–Kier alpha value is -2.64. The molecule has 7 heteroatoms. The zero-order valence-electron chi connectivity index (χ0n) is 16.1. The summed E-state index contributed by atoms with van der Waals surface area (Å²) < 4.78 is 5.39. The van der Waals surface area contributed by atoms with Gasteiger partial charge in [0, 0.05) is 43.4 Å². The summed E-state index contributed by atoms with van der Waals surface area (Å²) in [5.74, 6) is 2.21. The van der Waals surface area contributed by atoms with E-state index in [1.807, 2.05) is 17.0 Å². The van der Waals surface area contributed by atoms with Crippen LogP contribution in [-0.4, -0.2) is 48.6 Å².